The number of rotatable bonds is 2. The molecule has 0 bridgehead atoms. The molecule has 1 N–H and O–H groups in total. The summed E-state index contributed by atoms with van der Waals surface area (Å²) in [6, 6.07) is 15.7. The molecule has 3 aromatic rings. The summed E-state index contributed by atoms with van der Waals surface area (Å²) >= 11 is 6.23. The van der Waals surface area contributed by atoms with Gasteiger partial charge in [0.15, 0.2) is 0 Å². The van der Waals surface area contributed by atoms with Crippen molar-refractivity contribution in [2.75, 3.05) is 0 Å². The summed E-state index contributed by atoms with van der Waals surface area (Å²) in [6.45, 7) is 0. The van der Waals surface area contributed by atoms with Crippen LogP contribution >= 0.6 is 11.6 Å². The molecular formula is C15H11ClN2O. The fraction of sp³-hybridized carbons (Fsp3) is 0. The first-order valence-electron chi connectivity index (χ1n) is 5.83. The van der Waals surface area contributed by atoms with E-state index in [-0.39, 0.29) is 0 Å². The highest BCUT2D eigenvalue weighted by Crippen LogP contribution is 2.28. The molecule has 0 aliphatic heterocycles. The van der Waals surface area contributed by atoms with Crippen molar-refractivity contribution in [1.82, 2.24) is 4.57 Å². The van der Waals surface area contributed by atoms with Gasteiger partial charge in [-0.1, -0.05) is 47.1 Å². The number of halogens is 1. The summed E-state index contributed by atoms with van der Waals surface area (Å²) < 4.78 is 2.04. The van der Waals surface area contributed by atoms with Crippen LogP contribution in [0, 0.1) is 0 Å². The summed E-state index contributed by atoms with van der Waals surface area (Å²) in [6.07, 6.45) is 3.30. The quantitative estimate of drug-likeness (QED) is 0.425. The number of aromatic nitrogens is 1. The van der Waals surface area contributed by atoms with Gasteiger partial charge in [0.2, 0.25) is 0 Å². The first kappa shape index (κ1) is 11.8. The van der Waals surface area contributed by atoms with E-state index in [2.05, 4.69) is 5.16 Å². The van der Waals surface area contributed by atoms with E-state index in [0.717, 1.165) is 27.2 Å². The number of fused-ring (bicyclic) bond motifs is 1. The topological polar surface area (TPSA) is 37.5 Å². The van der Waals surface area contributed by atoms with Gasteiger partial charge in [0.25, 0.3) is 0 Å². The molecule has 0 aliphatic carbocycles. The summed E-state index contributed by atoms with van der Waals surface area (Å²) in [7, 11) is 0. The Labute approximate surface area is 115 Å². The summed E-state index contributed by atoms with van der Waals surface area (Å²) in [5.74, 6) is 0. The molecule has 1 aromatic heterocycles. The Morgan fingerprint density at radius 1 is 1.05 bits per heavy atom. The van der Waals surface area contributed by atoms with E-state index in [9.17, 15) is 0 Å². The molecule has 19 heavy (non-hydrogen) atoms. The Kier molecular flexibility index (Phi) is 2.97. The fourth-order valence-corrected chi connectivity index (χ4v) is 2.40. The van der Waals surface area contributed by atoms with E-state index in [1.165, 1.54) is 6.21 Å². The third kappa shape index (κ3) is 2.09. The lowest BCUT2D eigenvalue weighted by molar-refractivity contribution is 0.322. The monoisotopic (exact) mass is 270 g/mol. The van der Waals surface area contributed by atoms with E-state index in [1.807, 2.05) is 59.3 Å². The molecule has 0 atom stereocenters. The van der Waals surface area contributed by atoms with Crippen molar-refractivity contribution >= 4 is 28.7 Å². The van der Waals surface area contributed by atoms with Crippen molar-refractivity contribution in [1.29, 1.82) is 0 Å². The van der Waals surface area contributed by atoms with Gasteiger partial charge in [-0.2, -0.15) is 0 Å². The number of hydrogen-bond acceptors (Lipinski definition) is 2. The normalized spacial score (nSPS) is 11.4. The van der Waals surface area contributed by atoms with E-state index >= 15 is 0 Å². The van der Waals surface area contributed by atoms with Crippen LogP contribution in [0.15, 0.2) is 59.9 Å². The van der Waals surface area contributed by atoms with Crippen LogP contribution in [0.2, 0.25) is 5.02 Å². The molecular weight excluding hydrogens is 260 g/mol. The fourth-order valence-electron chi connectivity index (χ4n) is 2.14. The van der Waals surface area contributed by atoms with Crippen molar-refractivity contribution in [3.8, 4) is 5.69 Å². The van der Waals surface area contributed by atoms with Crippen molar-refractivity contribution < 1.29 is 5.21 Å². The SMILES string of the molecule is ON=Cc1ccc(-n2cc(Cl)c3ccccc32)cc1. The average Bonchev–Trinajstić information content (AvgIpc) is 2.78. The van der Waals surface area contributed by atoms with Crippen LogP contribution in [-0.2, 0) is 0 Å². The number of hydrogen-bond donors (Lipinski definition) is 1. The molecule has 3 rings (SSSR count). The molecule has 4 heteroatoms. The minimum Gasteiger partial charge on any atom is -0.411 e. The Morgan fingerprint density at radius 3 is 2.53 bits per heavy atom. The van der Waals surface area contributed by atoms with Crippen LogP contribution in [-0.4, -0.2) is 16.0 Å². The van der Waals surface area contributed by atoms with Crippen molar-refractivity contribution in [2.45, 2.75) is 0 Å². The van der Waals surface area contributed by atoms with Gasteiger partial charge in [0, 0.05) is 17.3 Å². The highest BCUT2D eigenvalue weighted by molar-refractivity contribution is 6.35. The number of nitrogens with zero attached hydrogens (tertiary/aromatic N) is 2. The van der Waals surface area contributed by atoms with Crippen LogP contribution in [0.5, 0.6) is 0 Å². The largest absolute Gasteiger partial charge is 0.411 e. The zero-order valence-corrected chi connectivity index (χ0v) is 10.7. The highest BCUT2D eigenvalue weighted by atomic mass is 35.5. The lowest BCUT2D eigenvalue weighted by Gasteiger charge is -2.05. The molecule has 0 saturated carbocycles. The molecule has 0 amide bonds. The van der Waals surface area contributed by atoms with Crippen molar-refractivity contribution in [3.05, 3.63) is 65.3 Å². The van der Waals surface area contributed by atoms with E-state index in [4.69, 9.17) is 16.8 Å². The van der Waals surface area contributed by atoms with Crippen molar-refractivity contribution in [3.63, 3.8) is 0 Å². The Bertz CT molecular complexity index is 744. The molecule has 1 heterocycles. The number of oxime groups is 1. The summed E-state index contributed by atoms with van der Waals surface area (Å²) in [5, 5.41) is 13.3. The van der Waals surface area contributed by atoms with Crippen LogP contribution in [0.4, 0.5) is 0 Å². The van der Waals surface area contributed by atoms with Gasteiger partial charge >= 0.3 is 0 Å². The standard InChI is InChI=1S/C15H11ClN2O/c16-14-10-18(15-4-2-1-3-13(14)15)12-7-5-11(6-8-12)9-17-19/h1-10,19H. The molecule has 2 aromatic carbocycles. The third-order valence-corrected chi connectivity index (χ3v) is 3.34. The van der Waals surface area contributed by atoms with E-state index in [0.29, 0.717) is 0 Å². The molecule has 94 valence electrons. The van der Waals surface area contributed by atoms with E-state index in [1.54, 1.807) is 0 Å². The Morgan fingerprint density at radius 2 is 1.79 bits per heavy atom. The molecule has 0 unspecified atom stereocenters. The van der Waals surface area contributed by atoms with Gasteiger partial charge < -0.3 is 9.77 Å². The second-order valence-corrected chi connectivity index (χ2v) is 4.61. The molecule has 3 nitrogen and oxygen atoms in total. The van der Waals surface area contributed by atoms with E-state index < -0.39 is 0 Å². The predicted octanol–water partition coefficient (Wildman–Crippen LogP) is 4.09. The number of para-hydroxylation sites is 1. The first-order valence-corrected chi connectivity index (χ1v) is 6.21. The zero-order valence-electron chi connectivity index (χ0n) is 9.99. The minimum absolute atomic E-state index is 0.733. The third-order valence-electron chi connectivity index (χ3n) is 3.04. The highest BCUT2D eigenvalue weighted by Gasteiger charge is 2.07. The van der Waals surface area contributed by atoms with Crippen LogP contribution in [0.1, 0.15) is 5.56 Å². The van der Waals surface area contributed by atoms with Gasteiger partial charge in [-0.05, 0) is 23.8 Å². The first-order chi connectivity index (χ1) is 9.29. The lowest BCUT2D eigenvalue weighted by atomic mass is 10.2. The molecule has 0 radical (unpaired) electrons. The second kappa shape index (κ2) is 4.78. The predicted molar refractivity (Wildman–Crippen MR) is 77.7 cm³/mol. The maximum atomic E-state index is 8.50. The molecule has 0 saturated heterocycles. The van der Waals surface area contributed by atoms with Crippen LogP contribution in [0.3, 0.4) is 0 Å². The van der Waals surface area contributed by atoms with Crippen LogP contribution < -0.4 is 0 Å². The second-order valence-electron chi connectivity index (χ2n) is 4.20. The van der Waals surface area contributed by atoms with Gasteiger partial charge in [0.1, 0.15) is 0 Å². The summed E-state index contributed by atoms with van der Waals surface area (Å²) in [5.41, 5.74) is 2.92. The summed E-state index contributed by atoms with van der Waals surface area (Å²) in [4.78, 5) is 0. The van der Waals surface area contributed by atoms with Gasteiger partial charge in [-0.15, -0.1) is 0 Å². The average molecular weight is 271 g/mol. The minimum atomic E-state index is 0.733. The maximum Gasteiger partial charge on any atom is 0.0733 e. The number of benzene rings is 2. The molecule has 0 aliphatic rings. The Balaban J connectivity index is 2.14. The molecule has 0 fully saturated rings. The van der Waals surface area contributed by atoms with Gasteiger partial charge in [0.05, 0.1) is 16.8 Å². The van der Waals surface area contributed by atoms with Gasteiger partial charge in [-0.3, -0.25) is 0 Å². The van der Waals surface area contributed by atoms with Crippen molar-refractivity contribution in [2.24, 2.45) is 5.16 Å². The zero-order chi connectivity index (χ0) is 13.2. The maximum absolute atomic E-state index is 8.50. The Hall–Kier alpha value is -2.26. The lowest BCUT2D eigenvalue weighted by Crippen LogP contribution is -1.92. The van der Waals surface area contributed by atoms with Gasteiger partial charge in [-0.25, -0.2) is 0 Å². The smallest absolute Gasteiger partial charge is 0.0733 e. The molecule has 0 spiro atoms. The van der Waals surface area contributed by atoms with Crippen LogP contribution in [0.25, 0.3) is 16.6 Å².